The maximum atomic E-state index is 12.5. The van der Waals surface area contributed by atoms with E-state index in [0.717, 1.165) is 0 Å². The first kappa shape index (κ1) is 7.98. The maximum Gasteiger partial charge on any atom is 0.146 e. The van der Waals surface area contributed by atoms with Crippen molar-refractivity contribution in [3.8, 4) is 0 Å². The van der Waals surface area contributed by atoms with E-state index in [-0.39, 0.29) is 0 Å². The summed E-state index contributed by atoms with van der Waals surface area (Å²) in [6.45, 7) is -0.407. The molecule has 0 bridgehead atoms. The zero-order valence-corrected chi connectivity index (χ0v) is 5.27. The third kappa shape index (κ3) is 1.16. The van der Waals surface area contributed by atoms with Crippen LogP contribution in [0.5, 0.6) is 0 Å². The molecule has 0 amide bonds. The first-order valence-corrected chi connectivity index (χ1v) is 3.01. The van der Waals surface area contributed by atoms with Crippen molar-refractivity contribution in [2.24, 2.45) is 0 Å². The lowest BCUT2D eigenvalue weighted by Gasteiger charge is -2.09. The second kappa shape index (κ2) is 2.86. The Morgan fingerprint density at radius 3 is 2.40 bits per heavy atom. The Bertz CT molecular complexity index is 123. The number of aliphatic hydroxyl groups is 2. The van der Waals surface area contributed by atoms with E-state index in [9.17, 15) is 4.39 Å². The predicted octanol–water partition coefficient (Wildman–Crippen LogP) is -1.43. The van der Waals surface area contributed by atoms with Gasteiger partial charge in [0.2, 0.25) is 0 Å². The zero-order chi connectivity index (χ0) is 7.72. The molecule has 1 aliphatic heterocycles. The number of aliphatic hydroxyl groups excluding tert-OH is 2. The van der Waals surface area contributed by atoms with E-state index in [2.05, 4.69) is 4.74 Å². The molecule has 1 rings (SSSR count). The van der Waals surface area contributed by atoms with E-state index in [1.165, 1.54) is 0 Å². The van der Waals surface area contributed by atoms with Crippen molar-refractivity contribution < 1.29 is 19.3 Å². The molecule has 0 aromatic rings. The van der Waals surface area contributed by atoms with Crippen molar-refractivity contribution in [3.63, 3.8) is 0 Å². The predicted molar refractivity (Wildman–Crippen MR) is 32.4 cm³/mol. The van der Waals surface area contributed by atoms with Crippen LogP contribution in [-0.2, 0) is 4.74 Å². The zero-order valence-electron chi connectivity index (χ0n) is 5.27. The average Bonchev–Trinajstić information content (AvgIpc) is 2.17. The number of halogens is 1. The number of ether oxygens (including phenoxy) is 1. The van der Waals surface area contributed by atoms with Gasteiger partial charge >= 0.3 is 0 Å². The van der Waals surface area contributed by atoms with E-state index in [4.69, 9.17) is 18.1 Å². The lowest BCUT2D eigenvalue weighted by atomic mass is 9.94. The van der Waals surface area contributed by atoms with Crippen LogP contribution < -0.4 is 0 Å². The molecule has 3 nitrogen and oxygen atoms in total. The summed E-state index contributed by atoms with van der Waals surface area (Å²) in [5.74, 6) is 0. The van der Waals surface area contributed by atoms with Crippen molar-refractivity contribution in [2.45, 2.75) is 24.4 Å². The lowest BCUT2D eigenvalue weighted by Crippen LogP contribution is -2.30. The monoisotopic (exact) mass is 146 g/mol. The SMILES string of the molecule is [B][C@H]1O[C@@H](CO)[C@H](O)[C@H]1F. The van der Waals surface area contributed by atoms with E-state index < -0.39 is 31.0 Å². The van der Waals surface area contributed by atoms with Gasteiger partial charge in [0.05, 0.1) is 12.6 Å². The van der Waals surface area contributed by atoms with Gasteiger partial charge in [-0.25, -0.2) is 4.39 Å². The summed E-state index contributed by atoms with van der Waals surface area (Å²) in [6, 6.07) is -1.10. The molecule has 0 spiro atoms. The summed E-state index contributed by atoms with van der Waals surface area (Å²) >= 11 is 0. The van der Waals surface area contributed by atoms with Crippen molar-refractivity contribution in [3.05, 3.63) is 0 Å². The number of hydrogen-bond donors (Lipinski definition) is 2. The molecule has 1 saturated heterocycles. The number of alkyl halides is 1. The van der Waals surface area contributed by atoms with Gasteiger partial charge in [-0.3, -0.25) is 0 Å². The Balaban J connectivity index is 2.53. The number of rotatable bonds is 1. The van der Waals surface area contributed by atoms with E-state index in [0.29, 0.717) is 0 Å². The molecule has 5 heteroatoms. The molecule has 56 valence electrons. The van der Waals surface area contributed by atoms with Gasteiger partial charge in [0, 0.05) is 0 Å². The smallest absolute Gasteiger partial charge is 0.146 e. The van der Waals surface area contributed by atoms with Crippen LogP contribution in [0.3, 0.4) is 0 Å². The Morgan fingerprint density at radius 2 is 2.20 bits per heavy atom. The molecule has 0 unspecified atom stereocenters. The molecule has 0 aromatic heterocycles. The second-order valence-corrected chi connectivity index (χ2v) is 2.26. The Hall–Kier alpha value is -0.125. The Kier molecular flexibility index (Phi) is 2.28. The van der Waals surface area contributed by atoms with E-state index in [1.54, 1.807) is 0 Å². The van der Waals surface area contributed by atoms with Crippen LogP contribution in [-0.4, -0.2) is 49.0 Å². The fraction of sp³-hybridized carbons (Fsp3) is 1.00. The molecule has 4 atom stereocenters. The van der Waals surface area contributed by atoms with Crippen LogP contribution in [0.25, 0.3) is 0 Å². The lowest BCUT2D eigenvalue weighted by molar-refractivity contribution is -0.00566. The minimum atomic E-state index is -1.59. The van der Waals surface area contributed by atoms with Gasteiger partial charge in [-0.2, -0.15) is 0 Å². The van der Waals surface area contributed by atoms with Crippen molar-refractivity contribution in [2.75, 3.05) is 6.61 Å². The largest absolute Gasteiger partial charge is 0.394 e. The van der Waals surface area contributed by atoms with Gasteiger partial charge in [0.25, 0.3) is 0 Å². The maximum absolute atomic E-state index is 12.5. The first-order valence-electron chi connectivity index (χ1n) is 3.01. The van der Waals surface area contributed by atoms with Crippen molar-refractivity contribution >= 4 is 7.85 Å². The average molecular weight is 146 g/mol. The third-order valence-electron chi connectivity index (χ3n) is 1.53. The standard InChI is InChI=1S/C5H8BFO3/c6-5-3(7)4(9)2(1-8)10-5/h2-5,8-9H,1H2/t2-,3+,4-,5-/m0/s1. The van der Waals surface area contributed by atoms with Crippen LogP contribution in [0.2, 0.25) is 0 Å². The van der Waals surface area contributed by atoms with E-state index >= 15 is 0 Å². The fourth-order valence-corrected chi connectivity index (χ4v) is 0.908. The van der Waals surface area contributed by atoms with Gasteiger partial charge in [0.15, 0.2) is 0 Å². The van der Waals surface area contributed by atoms with Crippen molar-refractivity contribution in [1.82, 2.24) is 0 Å². The summed E-state index contributed by atoms with van der Waals surface area (Å²) in [5, 5.41) is 17.4. The van der Waals surface area contributed by atoms with Gasteiger partial charge in [-0.05, 0) is 0 Å². The highest BCUT2D eigenvalue weighted by atomic mass is 19.1. The minimum Gasteiger partial charge on any atom is -0.394 e. The molecular formula is C5H8BFO3. The molecule has 1 heterocycles. The second-order valence-electron chi connectivity index (χ2n) is 2.26. The van der Waals surface area contributed by atoms with E-state index in [1.807, 2.05) is 0 Å². The molecule has 0 aliphatic carbocycles. The van der Waals surface area contributed by atoms with Gasteiger partial charge in [-0.1, -0.05) is 0 Å². The molecule has 1 fully saturated rings. The molecule has 2 radical (unpaired) electrons. The quantitative estimate of drug-likeness (QED) is 0.446. The summed E-state index contributed by atoms with van der Waals surface area (Å²) in [4.78, 5) is 0. The molecule has 10 heavy (non-hydrogen) atoms. The number of hydrogen-bond acceptors (Lipinski definition) is 3. The Labute approximate surface area is 59.2 Å². The van der Waals surface area contributed by atoms with Crippen LogP contribution in [0.4, 0.5) is 4.39 Å². The highest BCUT2D eigenvalue weighted by Crippen LogP contribution is 2.21. The molecule has 2 N–H and O–H groups in total. The van der Waals surface area contributed by atoms with Crippen LogP contribution >= 0.6 is 0 Å². The van der Waals surface area contributed by atoms with Gasteiger partial charge in [-0.15, -0.1) is 0 Å². The van der Waals surface area contributed by atoms with Gasteiger partial charge < -0.3 is 14.9 Å². The highest BCUT2D eigenvalue weighted by molar-refractivity contribution is 6.11. The topological polar surface area (TPSA) is 49.7 Å². The molecule has 0 saturated carbocycles. The molecule has 1 aliphatic rings. The fourth-order valence-electron chi connectivity index (χ4n) is 0.908. The summed E-state index contributed by atoms with van der Waals surface area (Å²) < 4.78 is 17.2. The van der Waals surface area contributed by atoms with Crippen LogP contribution in [0.15, 0.2) is 0 Å². The summed E-state index contributed by atoms with van der Waals surface area (Å²) in [6.07, 6.45) is -3.75. The first-order chi connectivity index (χ1) is 4.66. The molecule has 0 aromatic carbocycles. The van der Waals surface area contributed by atoms with Gasteiger partial charge in [0.1, 0.15) is 26.2 Å². The van der Waals surface area contributed by atoms with Crippen LogP contribution in [0, 0.1) is 0 Å². The normalized spacial score (nSPS) is 47.9. The summed E-state index contributed by atoms with van der Waals surface area (Å²) in [7, 11) is 5.07. The summed E-state index contributed by atoms with van der Waals surface area (Å²) in [5.41, 5.74) is 0. The third-order valence-corrected chi connectivity index (χ3v) is 1.53. The van der Waals surface area contributed by atoms with Crippen molar-refractivity contribution in [1.29, 1.82) is 0 Å². The Morgan fingerprint density at radius 1 is 1.60 bits per heavy atom. The van der Waals surface area contributed by atoms with Crippen LogP contribution in [0.1, 0.15) is 0 Å². The highest BCUT2D eigenvalue weighted by Gasteiger charge is 2.40. The minimum absolute atomic E-state index is 0.407. The molecular weight excluding hydrogens is 138 g/mol.